The van der Waals surface area contributed by atoms with Gasteiger partial charge in [0.2, 0.25) is 5.89 Å². The molecular formula is C12H10F2N2O3. The van der Waals surface area contributed by atoms with Crippen LogP contribution in [0.2, 0.25) is 0 Å². The van der Waals surface area contributed by atoms with Gasteiger partial charge in [0.25, 0.3) is 0 Å². The van der Waals surface area contributed by atoms with Gasteiger partial charge in [-0.3, -0.25) is 4.79 Å². The second-order valence-corrected chi connectivity index (χ2v) is 3.77. The third-order valence-corrected chi connectivity index (χ3v) is 2.40. The van der Waals surface area contributed by atoms with Gasteiger partial charge in [0.15, 0.2) is 5.82 Å². The largest absolute Gasteiger partial charge is 0.469 e. The summed E-state index contributed by atoms with van der Waals surface area (Å²) in [6.45, 7) is 0. The predicted octanol–water partition coefficient (Wildman–Crippen LogP) is 1.65. The fourth-order valence-electron chi connectivity index (χ4n) is 1.46. The van der Waals surface area contributed by atoms with E-state index in [2.05, 4.69) is 14.9 Å². The molecule has 2 aromatic rings. The Labute approximate surface area is 107 Å². The van der Waals surface area contributed by atoms with Crippen molar-refractivity contribution in [3.8, 4) is 0 Å². The Balaban J connectivity index is 2.09. The van der Waals surface area contributed by atoms with Crippen LogP contribution in [0.5, 0.6) is 0 Å². The summed E-state index contributed by atoms with van der Waals surface area (Å²) >= 11 is 0. The lowest BCUT2D eigenvalue weighted by molar-refractivity contribution is -0.140. The summed E-state index contributed by atoms with van der Waals surface area (Å²) in [7, 11) is 1.24. The molecule has 19 heavy (non-hydrogen) atoms. The number of benzene rings is 1. The van der Waals surface area contributed by atoms with Crippen LogP contribution in [0.4, 0.5) is 8.78 Å². The first-order valence-corrected chi connectivity index (χ1v) is 5.40. The fourth-order valence-corrected chi connectivity index (χ4v) is 1.46. The Morgan fingerprint density at radius 1 is 1.42 bits per heavy atom. The van der Waals surface area contributed by atoms with Crippen LogP contribution in [0.25, 0.3) is 0 Å². The average Bonchev–Trinajstić information content (AvgIpc) is 2.80. The number of methoxy groups -OCH3 is 1. The van der Waals surface area contributed by atoms with E-state index in [-0.39, 0.29) is 30.1 Å². The number of carbonyl (C=O) groups is 1. The van der Waals surface area contributed by atoms with E-state index in [1.165, 1.54) is 13.2 Å². The Kier molecular flexibility index (Phi) is 3.84. The van der Waals surface area contributed by atoms with Gasteiger partial charge >= 0.3 is 5.97 Å². The number of aromatic nitrogens is 2. The van der Waals surface area contributed by atoms with Gasteiger partial charge in [-0.1, -0.05) is 11.2 Å². The molecule has 100 valence electrons. The monoisotopic (exact) mass is 268 g/mol. The summed E-state index contributed by atoms with van der Waals surface area (Å²) in [5.41, 5.74) is 0.242. The smallest absolute Gasteiger partial charge is 0.315 e. The molecule has 0 fully saturated rings. The molecule has 0 N–H and O–H groups in total. The highest BCUT2D eigenvalue weighted by Gasteiger charge is 2.13. The molecule has 0 aliphatic rings. The maximum Gasteiger partial charge on any atom is 0.315 e. The van der Waals surface area contributed by atoms with E-state index in [0.29, 0.717) is 0 Å². The van der Waals surface area contributed by atoms with E-state index in [9.17, 15) is 13.6 Å². The lowest BCUT2D eigenvalue weighted by Gasteiger charge is -1.99. The minimum absolute atomic E-state index is 0.0524. The van der Waals surface area contributed by atoms with Gasteiger partial charge in [-0.25, -0.2) is 8.78 Å². The van der Waals surface area contributed by atoms with Crippen molar-refractivity contribution >= 4 is 5.97 Å². The molecule has 0 amide bonds. The van der Waals surface area contributed by atoms with Gasteiger partial charge in [-0.15, -0.1) is 0 Å². The van der Waals surface area contributed by atoms with Crippen LogP contribution in [0.3, 0.4) is 0 Å². The molecule has 1 aromatic carbocycles. The molecule has 0 aliphatic carbocycles. The molecule has 7 heteroatoms. The lowest BCUT2D eigenvalue weighted by atomic mass is 10.1. The van der Waals surface area contributed by atoms with Crippen molar-refractivity contribution in [3.63, 3.8) is 0 Å². The molecule has 5 nitrogen and oxygen atoms in total. The van der Waals surface area contributed by atoms with Gasteiger partial charge in [-0.05, 0) is 11.6 Å². The quantitative estimate of drug-likeness (QED) is 0.789. The number of nitrogens with zero attached hydrogens (tertiary/aromatic N) is 2. The van der Waals surface area contributed by atoms with Crippen LogP contribution in [0, 0.1) is 11.6 Å². The minimum Gasteiger partial charge on any atom is -0.469 e. The number of ether oxygens (including phenoxy) is 1. The van der Waals surface area contributed by atoms with Gasteiger partial charge in [0, 0.05) is 12.5 Å². The lowest BCUT2D eigenvalue weighted by Crippen LogP contribution is -2.04. The third-order valence-electron chi connectivity index (χ3n) is 2.40. The second-order valence-electron chi connectivity index (χ2n) is 3.77. The summed E-state index contributed by atoms with van der Waals surface area (Å²) in [6.07, 6.45) is -0.0911. The minimum atomic E-state index is -0.681. The third kappa shape index (κ3) is 3.34. The number of esters is 1. The SMILES string of the molecule is COC(=O)Cc1nc(Cc2ccc(F)cc2F)no1. The first-order chi connectivity index (χ1) is 9.08. The van der Waals surface area contributed by atoms with E-state index < -0.39 is 17.6 Å². The molecule has 1 heterocycles. The molecule has 0 aliphatic heterocycles. The number of hydrogen-bond donors (Lipinski definition) is 0. The van der Waals surface area contributed by atoms with Crippen molar-refractivity contribution in [2.45, 2.75) is 12.8 Å². The maximum atomic E-state index is 13.4. The van der Waals surface area contributed by atoms with E-state index in [4.69, 9.17) is 4.52 Å². The zero-order valence-corrected chi connectivity index (χ0v) is 10.0. The molecular weight excluding hydrogens is 258 g/mol. The maximum absolute atomic E-state index is 13.4. The Bertz CT molecular complexity index is 598. The summed E-state index contributed by atoms with van der Waals surface area (Å²) in [5, 5.41) is 3.61. The zero-order chi connectivity index (χ0) is 13.8. The van der Waals surface area contributed by atoms with Crippen LogP contribution in [0.15, 0.2) is 22.7 Å². The van der Waals surface area contributed by atoms with Crippen molar-refractivity contribution in [2.24, 2.45) is 0 Å². The normalized spacial score (nSPS) is 10.5. The Morgan fingerprint density at radius 3 is 2.89 bits per heavy atom. The van der Waals surface area contributed by atoms with Gasteiger partial charge < -0.3 is 9.26 Å². The number of hydrogen-bond acceptors (Lipinski definition) is 5. The molecule has 0 saturated carbocycles. The zero-order valence-electron chi connectivity index (χ0n) is 10.0. The van der Waals surface area contributed by atoms with Crippen LogP contribution < -0.4 is 0 Å². The average molecular weight is 268 g/mol. The van der Waals surface area contributed by atoms with E-state index in [0.717, 1.165) is 12.1 Å². The topological polar surface area (TPSA) is 65.2 Å². The molecule has 0 saturated heterocycles. The van der Waals surface area contributed by atoms with Crippen molar-refractivity contribution < 1.29 is 22.8 Å². The van der Waals surface area contributed by atoms with E-state index in [1.807, 2.05) is 0 Å². The molecule has 0 atom stereocenters. The molecule has 0 spiro atoms. The first kappa shape index (κ1) is 13.1. The highest BCUT2D eigenvalue weighted by molar-refractivity contribution is 5.71. The van der Waals surface area contributed by atoms with Crippen molar-refractivity contribution in [1.82, 2.24) is 10.1 Å². The van der Waals surface area contributed by atoms with Crippen LogP contribution >= 0.6 is 0 Å². The number of carbonyl (C=O) groups excluding carboxylic acids is 1. The fraction of sp³-hybridized carbons (Fsp3) is 0.250. The Morgan fingerprint density at radius 2 is 2.21 bits per heavy atom. The summed E-state index contributed by atoms with van der Waals surface area (Å²) in [5.74, 6) is -1.54. The van der Waals surface area contributed by atoms with Crippen LogP contribution in [-0.2, 0) is 22.4 Å². The second kappa shape index (κ2) is 5.55. The molecule has 0 bridgehead atoms. The van der Waals surface area contributed by atoms with Crippen LogP contribution in [-0.4, -0.2) is 23.2 Å². The summed E-state index contributed by atoms with van der Waals surface area (Å²) < 4.78 is 35.4. The van der Waals surface area contributed by atoms with Gasteiger partial charge in [-0.2, -0.15) is 4.98 Å². The van der Waals surface area contributed by atoms with Crippen molar-refractivity contribution in [1.29, 1.82) is 0 Å². The first-order valence-electron chi connectivity index (χ1n) is 5.40. The molecule has 1 aromatic heterocycles. The summed E-state index contributed by atoms with van der Waals surface area (Å²) in [4.78, 5) is 14.9. The highest BCUT2D eigenvalue weighted by atomic mass is 19.1. The van der Waals surface area contributed by atoms with E-state index >= 15 is 0 Å². The van der Waals surface area contributed by atoms with Gasteiger partial charge in [0.05, 0.1) is 7.11 Å². The summed E-state index contributed by atoms with van der Waals surface area (Å²) in [6, 6.07) is 3.24. The molecule has 0 unspecified atom stereocenters. The number of halogens is 2. The molecule has 0 radical (unpaired) electrons. The standard InChI is InChI=1S/C12H10F2N2O3/c1-18-12(17)6-11-15-10(16-19-11)4-7-2-3-8(13)5-9(7)14/h2-3,5H,4,6H2,1H3. The molecule has 2 rings (SSSR count). The highest BCUT2D eigenvalue weighted by Crippen LogP contribution is 2.13. The van der Waals surface area contributed by atoms with Crippen molar-refractivity contribution in [3.05, 3.63) is 47.1 Å². The van der Waals surface area contributed by atoms with Gasteiger partial charge in [0.1, 0.15) is 18.1 Å². The van der Waals surface area contributed by atoms with Crippen LogP contribution in [0.1, 0.15) is 17.3 Å². The Hall–Kier alpha value is -2.31. The predicted molar refractivity (Wildman–Crippen MR) is 59.2 cm³/mol. The van der Waals surface area contributed by atoms with Crippen molar-refractivity contribution in [2.75, 3.05) is 7.11 Å². The van der Waals surface area contributed by atoms with E-state index in [1.54, 1.807) is 0 Å². The number of rotatable bonds is 4.